The number of unbranched alkanes of at least 4 members (excludes halogenated alkanes) is 7. The molecule has 0 aliphatic heterocycles. The lowest BCUT2D eigenvalue weighted by molar-refractivity contribution is 0.0833. The summed E-state index contributed by atoms with van der Waals surface area (Å²) < 4.78 is 9.29. The molecule has 0 bridgehead atoms. The van der Waals surface area contributed by atoms with Crippen LogP contribution >= 0.6 is 0 Å². The van der Waals surface area contributed by atoms with E-state index in [-0.39, 0.29) is 0 Å². The lowest BCUT2D eigenvalue weighted by Gasteiger charge is -2.17. The summed E-state index contributed by atoms with van der Waals surface area (Å²) in [6.45, 7) is 10.6. The SMILES string of the molecule is C=COC(=O)OCCCCCCCCCCC(C)(C)C. The largest absolute Gasteiger partial charge is 0.513 e. The van der Waals surface area contributed by atoms with Crippen molar-refractivity contribution in [1.82, 2.24) is 0 Å². The van der Waals surface area contributed by atoms with Crippen LogP contribution in [0, 0.1) is 5.41 Å². The molecule has 0 unspecified atom stereocenters. The summed E-state index contributed by atoms with van der Waals surface area (Å²) in [5, 5.41) is 0. The molecule has 0 atom stereocenters. The fourth-order valence-corrected chi connectivity index (χ4v) is 2.08. The number of rotatable bonds is 11. The summed E-state index contributed by atoms with van der Waals surface area (Å²) >= 11 is 0. The first-order valence-electron chi connectivity index (χ1n) is 7.90. The summed E-state index contributed by atoms with van der Waals surface area (Å²) in [6, 6.07) is 0. The summed E-state index contributed by atoms with van der Waals surface area (Å²) in [6.07, 6.45) is 11.7. The second kappa shape index (κ2) is 11.8. The van der Waals surface area contributed by atoms with Crippen LogP contribution in [0.1, 0.15) is 78.6 Å². The van der Waals surface area contributed by atoms with Gasteiger partial charge in [0.2, 0.25) is 0 Å². The Hall–Kier alpha value is -0.990. The molecule has 0 spiro atoms. The van der Waals surface area contributed by atoms with Gasteiger partial charge in [-0.15, -0.1) is 0 Å². The highest BCUT2D eigenvalue weighted by Gasteiger charge is 2.08. The minimum absolute atomic E-state index is 0.443. The van der Waals surface area contributed by atoms with E-state index in [2.05, 4.69) is 32.1 Å². The first-order valence-corrected chi connectivity index (χ1v) is 7.90. The van der Waals surface area contributed by atoms with Gasteiger partial charge in [-0.05, 0) is 18.3 Å². The van der Waals surface area contributed by atoms with E-state index in [1.54, 1.807) is 0 Å². The van der Waals surface area contributed by atoms with E-state index in [4.69, 9.17) is 4.74 Å². The molecular weight excluding hydrogens is 252 g/mol. The van der Waals surface area contributed by atoms with Crippen molar-refractivity contribution in [3.63, 3.8) is 0 Å². The molecule has 20 heavy (non-hydrogen) atoms. The van der Waals surface area contributed by atoms with Gasteiger partial charge in [-0.2, -0.15) is 0 Å². The molecule has 3 nitrogen and oxygen atoms in total. The molecule has 0 heterocycles. The molecule has 0 fully saturated rings. The molecule has 0 aliphatic rings. The molecule has 0 aromatic heterocycles. The van der Waals surface area contributed by atoms with Crippen LogP contribution in [0.3, 0.4) is 0 Å². The monoisotopic (exact) mass is 284 g/mol. The number of carbonyl (C=O) groups is 1. The molecule has 0 N–H and O–H groups in total. The summed E-state index contributed by atoms with van der Waals surface area (Å²) in [4.78, 5) is 10.8. The lowest BCUT2D eigenvalue weighted by atomic mass is 9.89. The number of hydrogen-bond donors (Lipinski definition) is 0. The van der Waals surface area contributed by atoms with Gasteiger partial charge in [0.1, 0.15) is 0 Å². The van der Waals surface area contributed by atoms with Crippen molar-refractivity contribution in [2.24, 2.45) is 5.41 Å². The zero-order chi connectivity index (χ0) is 15.3. The summed E-state index contributed by atoms with van der Waals surface area (Å²) in [5.41, 5.74) is 0.479. The lowest BCUT2D eigenvalue weighted by Crippen LogP contribution is -2.04. The highest BCUT2D eigenvalue weighted by molar-refractivity contribution is 5.60. The van der Waals surface area contributed by atoms with E-state index in [9.17, 15) is 4.79 Å². The molecule has 0 aromatic rings. The molecule has 118 valence electrons. The molecule has 0 radical (unpaired) electrons. The number of hydrogen-bond acceptors (Lipinski definition) is 3. The minimum atomic E-state index is -0.654. The Bertz CT molecular complexity index is 253. The molecule has 0 aliphatic carbocycles. The van der Waals surface area contributed by atoms with Gasteiger partial charge in [0.05, 0.1) is 12.9 Å². The van der Waals surface area contributed by atoms with Gasteiger partial charge in [-0.3, -0.25) is 0 Å². The van der Waals surface area contributed by atoms with Crippen LogP contribution in [0.4, 0.5) is 4.79 Å². The molecule has 0 saturated carbocycles. The predicted molar refractivity (Wildman–Crippen MR) is 83.6 cm³/mol. The van der Waals surface area contributed by atoms with Crippen molar-refractivity contribution in [1.29, 1.82) is 0 Å². The average molecular weight is 284 g/mol. The van der Waals surface area contributed by atoms with Crippen LogP contribution in [-0.2, 0) is 9.47 Å². The Morgan fingerprint density at radius 2 is 1.45 bits per heavy atom. The Morgan fingerprint density at radius 3 is 1.95 bits per heavy atom. The van der Waals surface area contributed by atoms with Crippen LogP contribution < -0.4 is 0 Å². The van der Waals surface area contributed by atoms with Crippen molar-refractivity contribution in [3.8, 4) is 0 Å². The third-order valence-corrected chi connectivity index (χ3v) is 3.22. The van der Waals surface area contributed by atoms with Gasteiger partial charge in [0.15, 0.2) is 0 Å². The van der Waals surface area contributed by atoms with E-state index in [1.165, 1.54) is 44.9 Å². The van der Waals surface area contributed by atoms with Gasteiger partial charge in [0, 0.05) is 0 Å². The van der Waals surface area contributed by atoms with Gasteiger partial charge in [-0.25, -0.2) is 4.79 Å². The Morgan fingerprint density at radius 1 is 0.950 bits per heavy atom. The average Bonchev–Trinajstić information content (AvgIpc) is 2.35. The molecule has 0 amide bonds. The molecular formula is C17H32O3. The fourth-order valence-electron chi connectivity index (χ4n) is 2.08. The maximum Gasteiger partial charge on any atom is 0.513 e. The van der Waals surface area contributed by atoms with E-state index < -0.39 is 6.16 Å². The van der Waals surface area contributed by atoms with Crippen LogP contribution in [0.5, 0.6) is 0 Å². The van der Waals surface area contributed by atoms with Crippen LogP contribution in [-0.4, -0.2) is 12.8 Å². The third-order valence-electron chi connectivity index (χ3n) is 3.22. The second-order valence-electron chi connectivity index (χ2n) is 6.52. The standard InChI is InChI=1S/C17H32O3/c1-5-19-16(18)20-15-13-11-9-7-6-8-10-12-14-17(2,3)4/h5H,1,6-15H2,2-4H3. The zero-order valence-electron chi connectivity index (χ0n) is 13.6. The summed E-state index contributed by atoms with van der Waals surface area (Å²) in [5.74, 6) is 0. The normalized spacial score (nSPS) is 11.2. The maximum absolute atomic E-state index is 10.8. The molecule has 0 rings (SSSR count). The quantitative estimate of drug-likeness (QED) is 0.271. The Labute approximate surface area is 124 Å². The Balaban J connectivity index is 3.14. The van der Waals surface area contributed by atoms with Crippen molar-refractivity contribution in [2.75, 3.05) is 6.61 Å². The van der Waals surface area contributed by atoms with Crippen molar-refractivity contribution < 1.29 is 14.3 Å². The van der Waals surface area contributed by atoms with Crippen molar-refractivity contribution in [3.05, 3.63) is 12.8 Å². The zero-order valence-corrected chi connectivity index (χ0v) is 13.6. The van der Waals surface area contributed by atoms with E-state index >= 15 is 0 Å². The van der Waals surface area contributed by atoms with E-state index in [0.717, 1.165) is 19.1 Å². The van der Waals surface area contributed by atoms with Crippen LogP contribution in [0.25, 0.3) is 0 Å². The van der Waals surface area contributed by atoms with Crippen molar-refractivity contribution in [2.45, 2.75) is 78.6 Å². The van der Waals surface area contributed by atoms with Crippen LogP contribution in [0.15, 0.2) is 12.8 Å². The predicted octanol–water partition coefficient (Wildman–Crippen LogP) is 5.84. The molecule has 3 heteroatoms. The van der Waals surface area contributed by atoms with Crippen LogP contribution in [0.2, 0.25) is 0 Å². The maximum atomic E-state index is 10.8. The third kappa shape index (κ3) is 15.1. The van der Waals surface area contributed by atoms with Gasteiger partial charge in [-0.1, -0.05) is 72.3 Å². The highest BCUT2D eigenvalue weighted by Crippen LogP contribution is 2.22. The van der Waals surface area contributed by atoms with Crippen molar-refractivity contribution >= 4 is 6.16 Å². The van der Waals surface area contributed by atoms with E-state index in [0.29, 0.717) is 12.0 Å². The smallest absolute Gasteiger partial charge is 0.434 e. The first-order chi connectivity index (χ1) is 9.45. The van der Waals surface area contributed by atoms with Gasteiger partial charge in [0.25, 0.3) is 0 Å². The molecule has 0 saturated heterocycles. The van der Waals surface area contributed by atoms with E-state index in [1.807, 2.05) is 0 Å². The molecule has 0 aromatic carbocycles. The Kier molecular flexibility index (Phi) is 11.2. The minimum Gasteiger partial charge on any atom is -0.434 e. The highest BCUT2D eigenvalue weighted by atomic mass is 16.7. The number of ether oxygens (including phenoxy) is 2. The van der Waals surface area contributed by atoms with Gasteiger partial charge < -0.3 is 9.47 Å². The first kappa shape index (κ1) is 19.0. The van der Waals surface area contributed by atoms with Gasteiger partial charge >= 0.3 is 6.16 Å². The number of carbonyl (C=O) groups excluding carboxylic acids is 1. The topological polar surface area (TPSA) is 35.5 Å². The second-order valence-corrected chi connectivity index (χ2v) is 6.52. The summed E-state index contributed by atoms with van der Waals surface area (Å²) in [7, 11) is 0. The fraction of sp³-hybridized carbons (Fsp3) is 0.824.